The molecule has 68 valence electrons. The van der Waals surface area contributed by atoms with Crippen molar-refractivity contribution in [2.24, 2.45) is 0 Å². The highest BCUT2D eigenvalue weighted by molar-refractivity contribution is 7.90. The molecule has 2 heteroatoms. The van der Waals surface area contributed by atoms with Gasteiger partial charge in [-0.15, -0.1) is 0 Å². The summed E-state index contributed by atoms with van der Waals surface area (Å²) < 4.78 is 11.2. The second-order valence-electron chi connectivity index (χ2n) is 3.26. The molecule has 1 aromatic rings. The van der Waals surface area contributed by atoms with Crippen LogP contribution in [0.3, 0.4) is 0 Å². The fourth-order valence-corrected chi connectivity index (χ4v) is 2.14. The monoisotopic (exact) mass is 192 g/mol. The van der Waals surface area contributed by atoms with Gasteiger partial charge in [-0.3, -0.25) is 0 Å². The number of hydrogen-bond donors (Lipinski definition) is 0. The molecule has 1 aromatic carbocycles. The van der Waals surface area contributed by atoms with Crippen molar-refractivity contribution in [3.63, 3.8) is 0 Å². The number of allylic oxidation sites excluding steroid dienone is 1. The topological polar surface area (TPSA) is 23.1 Å². The molecule has 1 aliphatic rings. The molecule has 0 N–H and O–H groups in total. The number of fused-ring (bicyclic) bond motifs is 1. The van der Waals surface area contributed by atoms with E-state index < -0.39 is 11.2 Å². The van der Waals surface area contributed by atoms with Crippen LogP contribution in [0.25, 0.3) is 6.08 Å². The van der Waals surface area contributed by atoms with Crippen molar-refractivity contribution in [2.45, 2.75) is 17.7 Å². The lowest BCUT2D eigenvalue weighted by Gasteiger charge is -2.11. The Labute approximate surface area is 81.7 Å². The fraction of sp³-hybridized carbons (Fsp3) is 0.273. The maximum Gasteiger partial charge on any atom is 0.153 e. The SMILES string of the molecule is C[S+]([O-])c1ccc2c(c1)C=CCC2. The zero-order valence-electron chi connectivity index (χ0n) is 7.62. The fourth-order valence-electron chi connectivity index (χ4n) is 1.58. The van der Waals surface area contributed by atoms with Crippen LogP contribution in [0.2, 0.25) is 0 Å². The van der Waals surface area contributed by atoms with E-state index in [9.17, 15) is 4.55 Å². The van der Waals surface area contributed by atoms with E-state index in [-0.39, 0.29) is 0 Å². The first-order valence-electron chi connectivity index (χ1n) is 4.40. The van der Waals surface area contributed by atoms with Crippen LogP contribution < -0.4 is 0 Å². The molecule has 0 aliphatic heterocycles. The summed E-state index contributed by atoms with van der Waals surface area (Å²) in [4.78, 5) is 0.922. The summed E-state index contributed by atoms with van der Waals surface area (Å²) in [6.07, 6.45) is 8.25. The Morgan fingerprint density at radius 3 is 3.00 bits per heavy atom. The van der Waals surface area contributed by atoms with E-state index in [1.54, 1.807) is 6.26 Å². The zero-order chi connectivity index (χ0) is 9.26. The van der Waals surface area contributed by atoms with Crippen molar-refractivity contribution >= 4 is 17.3 Å². The Kier molecular flexibility index (Phi) is 2.42. The van der Waals surface area contributed by atoms with E-state index in [1.807, 2.05) is 12.1 Å². The van der Waals surface area contributed by atoms with Gasteiger partial charge in [-0.1, -0.05) is 18.2 Å². The first-order valence-corrected chi connectivity index (χ1v) is 5.96. The van der Waals surface area contributed by atoms with Crippen LogP contribution in [0.15, 0.2) is 29.2 Å². The molecule has 0 saturated heterocycles. The number of rotatable bonds is 1. The minimum Gasteiger partial charge on any atom is -0.612 e. The lowest BCUT2D eigenvalue weighted by atomic mass is 9.98. The number of benzene rings is 1. The third kappa shape index (κ3) is 1.79. The highest BCUT2D eigenvalue weighted by Crippen LogP contribution is 2.22. The summed E-state index contributed by atoms with van der Waals surface area (Å²) in [6.45, 7) is 0. The van der Waals surface area contributed by atoms with Crippen LogP contribution in [0.5, 0.6) is 0 Å². The summed E-state index contributed by atoms with van der Waals surface area (Å²) >= 11 is -0.861. The van der Waals surface area contributed by atoms with Crippen LogP contribution in [0.1, 0.15) is 17.5 Å². The van der Waals surface area contributed by atoms with Gasteiger partial charge in [0.1, 0.15) is 6.26 Å². The Hall–Kier alpha value is -0.730. The molecule has 0 saturated carbocycles. The molecule has 1 nitrogen and oxygen atoms in total. The molecule has 13 heavy (non-hydrogen) atoms. The largest absolute Gasteiger partial charge is 0.612 e. The normalized spacial score (nSPS) is 16.8. The van der Waals surface area contributed by atoms with Gasteiger partial charge in [-0.25, -0.2) is 0 Å². The van der Waals surface area contributed by atoms with Gasteiger partial charge in [0.25, 0.3) is 0 Å². The predicted octanol–water partition coefficient (Wildman–Crippen LogP) is 2.38. The summed E-state index contributed by atoms with van der Waals surface area (Å²) in [7, 11) is 0. The third-order valence-corrected chi connectivity index (χ3v) is 3.24. The third-order valence-electron chi connectivity index (χ3n) is 2.33. The van der Waals surface area contributed by atoms with Crippen LogP contribution in [0, 0.1) is 0 Å². The lowest BCUT2D eigenvalue weighted by molar-refractivity contribution is 0.600. The van der Waals surface area contributed by atoms with Gasteiger partial charge in [0.05, 0.1) is 0 Å². The Bertz CT molecular complexity index is 342. The number of aryl methyl sites for hydroxylation is 1. The zero-order valence-corrected chi connectivity index (χ0v) is 8.43. The van der Waals surface area contributed by atoms with Crippen molar-refractivity contribution in [1.29, 1.82) is 0 Å². The van der Waals surface area contributed by atoms with Gasteiger partial charge in [0.15, 0.2) is 4.90 Å². The molecule has 0 spiro atoms. The Morgan fingerprint density at radius 1 is 1.38 bits per heavy atom. The van der Waals surface area contributed by atoms with Crippen molar-refractivity contribution in [1.82, 2.24) is 0 Å². The first kappa shape index (κ1) is 8.85. The van der Waals surface area contributed by atoms with Gasteiger partial charge in [0, 0.05) is 6.07 Å². The van der Waals surface area contributed by atoms with E-state index in [2.05, 4.69) is 18.2 Å². The Morgan fingerprint density at radius 2 is 2.23 bits per heavy atom. The second-order valence-corrected chi connectivity index (χ2v) is 4.64. The van der Waals surface area contributed by atoms with E-state index in [0.29, 0.717) is 0 Å². The summed E-state index contributed by atoms with van der Waals surface area (Å²) in [5.41, 5.74) is 2.61. The first-order chi connectivity index (χ1) is 6.27. The van der Waals surface area contributed by atoms with E-state index in [1.165, 1.54) is 11.1 Å². The van der Waals surface area contributed by atoms with Crippen LogP contribution in [-0.2, 0) is 17.6 Å². The van der Waals surface area contributed by atoms with E-state index in [0.717, 1.165) is 17.7 Å². The molecule has 1 aliphatic carbocycles. The molecule has 1 atom stereocenters. The molecule has 0 fully saturated rings. The molecule has 0 radical (unpaired) electrons. The number of hydrogen-bond acceptors (Lipinski definition) is 1. The highest BCUT2D eigenvalue weighted by atomic mass is 32.2. The maximum atomic E-state index is 11.2. The molecule has 0 heterocycles. The minimum absolute atomic E-state index is 0.861. The molecule has 0 amide bonds. The van der Waals surface area contributed by atoms with Crippen molar-refractivity contribution < 1.29 is 4.55 Å². The molecule has 0 bridgehead atoms. The van der Waals surface area contributed by atoms with Gasteiger partial charge >= 0.3 is 0 Å². The van der Waals surface area contributed by atoms with Gasteiger partial charge in [-0.2, -0.15) is 0 Å². The molecular weight excluding hydrogens is 180 g/mol. The van der Waals surface area contributed by atoms with Crippen molar-refractivity contribution in [3.8, 4) is 0 Å². The van der Waals surface area contributed by atoms with Crippen LogP contribution in [-0.4, -0.2) is 10.8 Å². The van der Waals surface area contributed by atoms with E-state index >= 15 is 0 Å². The van der Waals surface area contributed by atoms with E-state index in [4.69, 9.17) is 0 Å². The van der Waals surface area contributed by atoms with Gasteiger partial charge in [-0.05, 0) is 41.2 Å². The maximum absolute atomic E-state index is 11.2. The van der Waals surface area contributed by atoms with Crippen LogP contribution in [0.4, 0.5) is 0 Å². The highest BCUT2D eigenvalue weighted by Gasteiger charge is 2.09. The average molecular weight is 192 g/mol. The second kappa shape index (κ2) is 3.56. The molecule has 1 unspecified atom stereocenters. The van der Waals surface area contributed by atoms with Crippen molar-refractivity contribution in [2.75, 3.05) is 6.26 Å². The average Bonchev–Trinajstić information content (AvgIpc) is 2.17. The smallest absolute Gasteiger partial charge is 0.153 e. The predicted molar refractivity (Wildman–Crippen MR) is 56.1 cm³/mol. The quantitative estimate of drug-likeness (QED) is 0.626. The van der Waals surface area contributed by atoms with Crippen LogP contribution >= 0.6 is 0 Å². The van der Waals surface area contributed by atoms with Gasteiger partial charge in [0.2, 0.25) is 0 Å². The molecule has 0 aromatic heterocycles. The summed E-state index contributed by atoms with van der Waals surface area (Å²) in [6, 6.07) is 6.09. The van der Waals surface area contributed by atoms with Gasteiger partial charge < -0.3 is 4.55 Å². The molecular formula is C11H12OS. The lowest BCUT2D eigenvalue weighted by Crippen LogP contribution is -2.00. The minimum atomic E-state index is -0.861. The summed E-state index contributed by atoms with van der Waals surface area (Å²) in [5.74, 6) is 0. The Balaban J connectivity index is 2.43. The standard InChI is InChI=1S/C11H12OS/c1-13(12)11-7-6-9-4-2-3-5-10(9)8-11/h3,5-8H,2,4H2,1H3. The van der Waals surface area contributed by atoms with Crippen molar-refractivity contribution in [3.05, 3.63) is 35.4 Å². The summed E-state index contributed by atoms with van der Waals surface area (Å²) in [5, 5.41) is 0. The molecule has 2 rings (SSSR count).